The van der Waals surface area contributed by atoms with Crippen LogP contribution in [0.15, 0.2) is 24.3 Å². The van der Waals surface area contributed by atoms with E-state index in [0.29, 0.717) is 37.7 Å². The summed E-state index contributed by atoms with van der Waals surface area (Å²) >= 11 is 0. The molecule has 0 atom stereocenters. The summed E-state index contributed by atoms with van der Waals surface area (Å²) in [6.07, 6.45) is 0.814. The highest BCUT2D eigenvalue weighted by Crippen LogP contribution is 2.24. The monoisotopic (exact) mass is 280 g/mol. The first-order chi connectivity index (χ1) is 9.72. The lowest BCUT2D eigenvalue weighted by Gasteiger charge is -2.20. The first-order valence-corrected chi connectivity index (χ1v) is 6.99. The molecule has 0 aliphatic heterocycles. The third-order valence-corrected chi connectivity index (χ3v) is 2.93. The maximum Gasteiger partial charge on any atom is 0.321 e. The second kappa shape index (κ2) is 9.20. The second-order valence-corrected chi connectivity index (χ2v) is 4.29. The molecule has 0 aliphatic carbocycles. The molecule has 0 aliphatic rings. The molecule has 1 N–H and O–H groups in total. The summed E-state index contributed by atoms with van der Waals surface area (Å²) in [6.45, 7) is 6.49. The Morgan fingerprint density at radius 3 is 2.55 bits per heavy atom. The summed E-state index contributed by atoms with van der Waals surface area (Å²) in [4.78, 5) is 13.8. The van der Waals surface area contributed by atoms with Crippen molar-refractivity contribution in [2.75, 3.05) is 38.7 Å². The van der Waals surface area contributed by atoms with Crippen molar-refractivity contribution in [1.29, 1.82) is 0 Å². The molecule has 0 radical (unpaired) electrons. The minimum atomic E-state index is -0.108. The van der Waals surface area contributed by atoms with E-state index in [1.165, 1.54) is 0 Å². The number of carbonyl (C=O) groups is 1. The molecule has 1 aromatic carbocycles. The SMILES string of the molecule is CCN(CC)C(=O)Nc1ccccc1OCCCOC. The number of hydrogen-bond acceptors (Lipinski definition) is 3. The predicted molar refractivity (Wildman–Crippen MR) is 80.4 cm³/mol. The van der Waals surface area contributed by atoms with Gasteiger partial charge < -0.3 is 19.7 Å². The van der Waals surface area contributed by atoms with Crippen LogP contribution in [-0.4, -0.2) is 44.3 Å². The molecular formula is C15H24N2O3. The van der Waals surface area contributed by atoms with Gasteiger partial charge in [0.25, 0.3) is 0 Å². The van der Waals surface area contributed by atoms with Crippen LogP contribution in [0.1, 0.15) is 20.3 Å². The number of urea groups is 1. The van der Waals surface area contributed by atoms with Crippen LogP contribution >= 0.6 is 0 Å². The van der Waals surface area contributed by atoms with E-state index in [9.17, 15) is 4.79 Å². The lowest BCUT2D eigenvalue weighted by molar-refractivity contribution is 0.172. The number of nitrogens with zero attached hydrogens (tertiary/aromatic N) is 1. The van der Waals surface area contributed by atoms with Crippen molar-refractivity contribution in [3.63, 3.8) is 0 Å². The molecule has 5 nitrogen and oxygen atoms in total. The lowest BCUT2D eigenvalue weighted by atomic mass is 10.3. The fourth-order valence-corrected chi connectivity index (χ4v) is 1.79. The third-order valence-electron chi connectivity index (χ3n) is 2.93. The minimum absolute atomic E-state index is 0.108. The number of ether oxygens (including phenoxy) is 2. The normalized spacial score (nSPS) is 10.2. The zero-order valence-corrected chi connectivity index (χ0v) is 12.5. The van der Waals surface area contributed by atoms with Gasteiger partial charge in [-0.1, -0.05) is 12.1 Å². The molecule has 0 spiro atoms. The summed E-state index contributed by atoms with van der Waals surface area (Å²) in [5.74, 6) is 0.684. The fraction of sp³-hybridized carbons (Fsp3) is 0.533. The molecule has 1 rings (SSSR count). The number of anilines is 1. The number of nitrogens with one attached hydrogen (secondary N) is 1. The van der Waals surface area contributed by atoms with Crippen LogP contribution in [-0.2, 0) is 4.74 Å². The zero-order chi connectivity index (χ0) is 14.8. The predicted octanol–water partition coefficient (Wildman–Crippen LogP) is 2.98. The summed E-state index contributed by atoms with van der Waals surface area (Å²) < 4.78 is 10.7. The molecule has 1 aromatic rings. The minimum Gasteiger partial charge on any atom is -0.491 e. The van der Waals surface area contributed by atoms with E-state index in [4.69, 9.17) is 9.47 Å². The Labute approximate surface area is 120 Å². The first-order valence-electron chi connectivity index (χ1n) is 6.99. The Morgan fingerprint density at radius 1 is 1.20 bits per heavy atom. The van der Waals surface area contributed by atoms with Gasteiger partial charge in [0, 0.05) is 33.2 Å². The molecule has 20 heavy (non-hydrogen) atoms. The smallest absolute Gasteiger partial charge is 0.321 e. The maximum atomic E-state index is 12.0. The Hall–Kier alpha value is -1.75. The van der Waals surface area contributed by atoms with Crippen LogP contribution in [0.3, 0.4) is 0 Å². The Bertz CT molecular complexity index is 406. The van der Waals surface area contributed by atoms with E-state index < -0.39 is 0 Å². The van der Waals surface area contributed by atoms with E-state index in [-0.39, 0.29) is 6.03 Å². The topological polar surface area (TPSA) is 50.8 Å². The average Bonchev–Trinajstić information content (AvgIpc) is 2.46. The second-order valence-electron chi connectivity index (χ2n) is 4.29. The van der Waals surface area contributed by atoms with Gasteiger partial charge in [-0.15, -0.1) is 0 Å². The fourth-order valence-electron chi connectivity index (χ4n) is 1.79. The summed E-state index contributed by atoms with van der Waals surface area (Å²) in [5, 5.41) is 2.88. The van der Waals surface area contributed by atoms with E-state index in [2.05, 4.69) is 5.32 Å². The van der Waals surface area contributed by atoms with Crippen LogP contribution < -0.4 is 10.1 Å². The number of amides is 2. The number of para-hydroxylation sites is 2. The summed E-state index contributed by atoms with van der Waals surface area (Å²) in [6, 6.07) is 7.35. The highest BCUT2D eigenvalue weighted by atomic mass is 16.5. The van der Waals surface area contributed by atoms with Crippen LogP contribution in [0.5, 0.6) is 5.75 Å². The van der Waals surface area contributed by atoms with Gasteiger partial charge >= 0.3 is 6.03 Å². The van der Waals surface area contributed by atoms with Crippen LogP contribution in [0, 0.1) is 0 Å². The first kappa shape index (κ1) is 16.3. The van der Waals surface area contributed by atoms with Crippen molar-refractivity contribution in [1.82, 2.24) is 4.90 Å². The Balaban J connectivity index is 2.62. The van der Waals surface area contributed by atoms with Crippen molar-refractivity contribution in [3.05, 3.63) is 24.3 Å². The third kappa shape index (κ3) is 5.09. The van der Waals surface area contributed by atoms with Gasteiger partial charge in [-0.05, 0) is 26.0 Å². The van der Waals surface area contributed by atoms with Crippen molar-refractivity contribution < 1.29 is 14.3 Å². The molecule has 0 heterocycles. The molecule has 0 unspecified atom stereocenters. The van der Waals surface area contributed by atoms with E-state index in [1.54, 1.807) is 12.0 Å². The standard InChI is InChI=1S/C15H24N2O3/c1-4-17(5-2)15(18)16-13-9-6-7-10-14(13)20-12-8-11-19-3/h6-7,9-10H,4-5,8,11-12H2,1-3H3,(H,16,18). The van der Waals surface area contributed by atoms with Gasteiger partial charge in [-0.25, -0.2) is 4.79 Å². The lowest BCUT2D eigenvalue weighted by Crippen LogP contribution is -2.34. The van der Waals surface area contributed by atoms with Crippen LogP contribution in [0.25, 0.3) is 0 Å². The van der Waals surface area contributed by atoms with E-state index in [0.717, 1.165) is 6.42 Å². The molecule has 0 saturated carbocycles. The highest BCUT2D eigenvalue weighted by Gasteiger charge is 2.12. The molecule has 0 saturated heterocycles. The molecule has 5 heteroatoms. The van der Waals surface area contributed by atoms with Crippen molar-refractivity contribution in [2.45, 2.75) is 20.3 Å². The maximum absolute atomic E-state index is 12.0. The molecule has 2 amide bonds. The van der Waals surface area contributed by atoms with Gasteiger partial charge in [-0.2, -0.15) is 0 Å². The molecular weight excluding hydrogens is 256 g/mol. The van der Waals surface area contributed by atoms with Gasteiger partial charge in [0.1, 0.15) is 5.75 Å². The molecule has 0 bridgehead atoms. The number of carbonyl (C=O) groups excluding carboxylic acids is 1. The zero-order valence-electron chi connectivity index (χ0n) is 12.5. The molecule has 0 fully saturated rings. The van der Waals surface area contributed by atoms with Crippen molar-refractivity contribution in [3.8, 4) is 5.75 Å². The van der Waals surface area contributed by atoms with E-state index >= 15 is 0 Å². The van der Waals surface area contributed by atoms with Gasteiger partial charge in [0.05, 0.1) is 12.3 Å². The van der Waals surface area contributed by atoms with E-state index in [1.807, 2.05) is 38.1 Å². The largest absolute Gasteiger partial charge is 0.491 e. The van der Waals surface area contributed by atoms with Crippen LogP contribution in [0.4, 0.5) is 10.5 Å². The summed E-state index contributed by atoms with van der Waals surface area (Å²) in [7, 11) is 1.66. The Kier molecular flexibility index (Phi) is 7.50. The number of methoxy groups -OCH3 is 1. The van der Waals surface area contributed by atoms with Gasteiger partial charge in [0.2, 0.25) is 0 Å². The van der Waals surface area contributed by atoms with Gasteiger partial charge in [-0.3, -0.25) is 0 Å². The van der Waals surface area contributed by atoms with Crippen LogP contribution in [0.2, 0.25) is 0 Å². The van der Waals surface area contributed by atoms with Gasteiger partial charge in [0.15, 0.2) is 0 Å². The number of benzene rings is 1. The summed E-state index contributed by atoms with van der Waals surface area (Å²) in [5.41, 5.74) is 0.696. The number of rotatable bonds is 8. The quantitative estimate of drug-likeness (QED) is 0.745. The number of hydrogen-bond donors (Lipinski definition) is 1. The molecule has 0 aromatic heterocycles. The highest BCUT2D eigenvalue weighted by molar-refractivity contribution is 5.90. The average molecular weight is 280 g/mol. The Morgan fingerprint density at radius 2 is 1.90 bits per heavy atom. The molecule has 112 valence electrons. The van der Waals surface area contributed by atoms with Crippen molar-refractivity contribution >= 4 is 11.7 Å². The van der Waals surface area contributed by atoms with Crippen molar-refractivity contribution in [2.24, 2.45) is 0 Å².